The molecule has 0 aliphatic rings. The van der Waals surface area contributed by atoms with Crippen LogP contribution in [0.5, 0.6) is 0 Å². The van der Waals surface area contributed by atoms with Crippen molar-refractivity contribution in [2.75, 3.05) is 0 Å². The van der Waals surface area contributed by atoms with Crippen LogP contribution in [0, 0.1) is 6.57 Å². The molecule has 0 amide bonds. The summed E-state index contributed by atoms with van der Waals surface area (Å²) in [5.41, 5.74) is 14.4. The summed E-state index contributed by atoms with van der Waals surface area (Å²) in [5, 5.41) is 2.39. The number of benzene rings is 8. The Bertz CT molecular complexity index is 2770. The zero-order valence-corrected chi connectivity index (χ0v) is 29.4. The molecule has 0 saturated carbocycles. The standard InChI is InChI=1S/C51H33N3/c1-52-44-32-29-36(30-33-44)35-21-23-38(24-22-35)46-34-31-37-13-11-12-20-45(37)47(46)40-25-27-42(28-26-40)50-48(39-14-5-2-6-15-39)49(41-16-7-3-8-17-41)53-51(54-50)43-18-9-4-10-19-43/h2-34H. The van der Waals surface area contributed by atoms with Crippen molar-refractivity contribution in [3.63, 3.8) is 0 Å². The fourth-order valence-electron chi connectivity index (χ4n) is 7.26. The molecule has 252 valence electrons. The Kier molecular flexibility index (Phi) is 8.61. The van der Waals surface area contributed by atoms with E-state index in [0.29, 0.717) is 11.5 Å². The van der Waals surface area contributed by atoms with E-state index < -0.39 is 0 Å². The molecular formula is C51H33N3. The summed E-state index contributed by atoms with van der Waals surface area (Å²) in [6.45, 7) is 7.29. The monoisotopic (exact) mass is 687 g/mol. The lowest BCUT2D eigenvalue weighted by atomic mass is 9.88. The fourth-order valence-corrected chi connectivity index (χ4v) is 7.26. The summed E-state index contributed by atoms with van der Waals surface area (Å²) >= 11 is 0. The molecule has 0 saturated heterocycles. The maximum atomic E-state index is 7.29. The summed E-state index contributed by atoms with van der Waals surface area (Å²) < 4.78 is 0. The van der Waals surface area contributed by atoms with Crippen molar-refractivity contribution in [3.8, 4) is 78.4 Å². The number of nitrogens with zero attached hydrogens (tertiary/aromatic N) is 3. The van der Waals surface area contributed by atoms with Crippen molar-refractivity contribution < 1.29 is 0 Å². The average molecular weight is 688 g/mol. The summed E-state index contributed by atoms with van der Waals surface area (Å²) in [4.78, 5) is 14.1. The highest BCUT2D eigenvalue weighted by atomic mass is 14.9. The van der Waals surface area contributed by atoms with Crippen LogP contribution >= 0.6 is 0 Å². The van der Waals surface area contributed by atoms with Crippen LogP contribution < -0.4 is 0 Å². The van der Waals surface area contributed by atoms with Crippen molar-refractivity contribution >= 4 is 16.5 Å². The topological polar surface area (TPSA) is 30.1 Å². The van der Waals surface area contributed by atoms with Gasteiger partial charge in [0.1, 0.15) is 0 Å². The molecular weight excluding hydrogens is 655 g/mol. The highest BCUT2D eigenvalue weighted by molar-refractivity contribution is 6.04. The maximum Gasteiger partial charge on any atom is 0.187 e. The third kappa shape index (κ3) is 6.23. The highest BCUT2D eigenvalue weighted by Gasteiger charge is 2.21. The Morgan fingerprint density at radius 2 is 0.778 bits per heavy atom. The van der Waals surface area contributed by atoms with Crippen LogP contribution in [0.15, 0.2) is 200 Å². The van der Waals surface area contributed by atoms with Gasteiger partial charge in [-0.05, 0) is 49.7 Å². The molecule has 0 N–H and O–H groups in total. The quantitative estimate of drug-likeness (QED) is 0.156. The van der Waals surface area contributed by atoms with Gasteiger partial charge in [-0.1, -0.05) is 200 Å². The Hall–Kier alpha value is -7.41. The Morgan fingerprint density at radius 1 is 0.333 bits per heavy atom. The Balaban J connectivity index is 1.20. The second-order valence-corrected chi connectivity index (χ2v) is 13.2. The van der Waals surface area contributed by atoms with Crippen LogP contribution in [0.3, 0.4) is 0 Å². The lowest BCUT2D eigenvalue weighted by molar-refractivity contribution is 1.18. The molecule has 0 radical (unpaired) electrons. The minimum absolute atomic E-state index is 0.645. The number of fused-ring (bicyclic) bond motifs is 1. The first-order valence-electron chi connectivity index (χ1n) is 18.0. The van der Waals surface area contributed by atoms with Gasteiger partial charge in [-0.15, -0.1) is 0 Å². The van der Waals surface area contributed by atoms with E-state index in [-0.39, 0.29) is 0 Å². The Morgan fingerprint density at radius 3 is 1.39 bits per heavy atom. The summed E-state index contributed by atoms with van der Waals surface area (Å²) in [5.74, 6) is 0.690. The van der Waals surface area contributed by atoms with Crippen molar-refractivity contribution in [2.45, 2.75) is 0 Å². The first-order valence-corrected chi connectivity index (χ1v) is 18.0. The van der Waals surface area contributed by atoms with Gasteiger partial charge in [0, 0.05) is 22.3 Å². The van der Waals surface area contributed by atoms with E-state index in [1.165, 1.54) is 21.9 Å². The first kappa shape index (κ1) is 32.5. The van der Waals surface area contributed by atoms with E-state index in [1.807, 2.05) is 54.6 Å². The van der Waals surface area contributed by atoms with E-state index >= 15 is 0 Å². The molecule has 0 atom stereocenters. The molecule has 0 bridgehead atoms. The molecule has 0 spiro atoms. The molecule has 3 nitrogen and oxygen atoms in total. The zero-order valence-electron chi connectivity index (χ0n) is 29.4. The zero-order chi connectivity index (χ0) is 36.3. The predicted octanol–water partition coefficient (Wildman–Crippen LogP) is 13.8. The van der Waals surface area contributed by atoms with Crippen LogP contribution in [0.4, 0.5) is 5.69 Å². The molecule has 1 aromatic heterocycles. The first-order chi connectivity index (χ1) is 26.7. The van der Waals surface area contributed by atoms with Crippen molar-refractivity contribution in [3.05, 3.63) is 212 Å². The SMILES string of the molecule is [C-]#[N+]c1ccc(-c2ccc(-c3ccc4ccccc4c3-c3ccc(-c4nc(-c5ccccc5)nc(-c5ccccc5)c4-c4ccccc4)cc3)cc2)cc1. The van der Waals surface area contributed by atoms with Gasteiger partial charge in [0.05, 0.1) is 18.0 Å². The third-order valence-electron chi connectivity index (χ3n) is 9.95. The minimum atomic E-state index is 0.645. The number of rotatable bonds is 7. The molecule has 0 aliphatic heterocycles. The van der Waals surface area contributed by atoms with Crippen LogP contribution in [0.2, 0.25) is 0 Å². The van der Waals surface area contributed by atoms with Gasteiger partial charge >= 0.3 is 0 Å². The lowest BCUT2D eigenvalue weighted by Gasteiger charge is -2.18. The number of aromatic nitrogens is 2. The third-order valence-corrected chi connectivity index (χ3v) is 9.95. The molecule has 8 aromatic carbocycles. The average Bonchev–Trinajstić information content (AvgIpc) is 3.26. The molecule has 54 heavy (non-hydrogen) atoms. The number of hydrogen-bond donors (Lipinski definition) is 0. The van der Waals surface area contributed by atoms with Crippen LogP contribution in [0.1, 0.15) is 0 Å². The molecule has 9 aromatic rings. The normalized spacial score (nSPS) is 10.9. The predicted molar refractivity (Wildman–Crippen MR) is 224 cm³/mol. The van der Waals surface area contributed by atoms with Gasteiger partial charge in [-0.3, -0.25) is 0 Å². The van der Waals surface area contributed by atoms with Crippen LogP contribution in [0.25, 0.3) is 94.0 Å². The van der Waals surface area contributed by atoms with Gasteiger partial charge in [-0.25, -0.2) is 14.8 Å². The molecule has 0 aliphatic carbocycles. The largest absolute Gasteiger partial charge is 0.238 e. The minimum Gasteiger partial charge on any atom is -0.238 e. The van der Waals surface area contributed by atoms with E-state index in [2.05, 4.69) is 150 Å². The maximum absolute atomic E-state index is 7.29. The lowest BCUT2D eigenvalue weighted by Crippen LogP contribution is -2.00. The van der Waals surface area contributed by atoms with E-state index in [1.54, 1.807) is 0 Å². The summed E-state index contributed by atoms with van der Waals surface area (Å²) in [6.07, 6.45) is 0. The Labute approximate surface area is 315 Å². The summed E-state index contributed by atoms with van der Waals surface area (Å²) in [7, 11) is 0. The van der Waals surface area contributed by atoms with Crippen molar-refractivity contribution in [1.82, 2.24) is 9.97 Å². The number of hydrogen-bond acceptors (Lipinski definition) is 2. The molecule has 3 heteroatoms. The van der Waals surface area contributed by atoms with E-state index in [9.17, 15) is 0 Å². The van der Waals surface area contributed by atoms with Gasteiger partial charge in [0.2, 0.25) is 0 Å². The smallest absolute Gasteiger partial charge is 0.187 e. The molecule has 0 unspecified atom stereocenters. The van der Waals surface area contributed by atoms with E-state index in [4.69, 9.17) is 16.5 Å². The second kappa shape index (κ2) is 14.3. The van der Waals surface area contributed by atoms with Gasteiger partial charge < -0.3 is 0 Å². The second-order valence-electron chi connectivity index (χ2n) is 13.2. The van der Waals surface area contributed by atoms with Gasteiger partial charge in [-0.2, -0.15) is 0 Å². The van der Waals surface area contributed by atoms with Crippen LogP contribution in [-0.4, -0.2) is 9.97 Å². The van der Waals surface area contributed by atoms with E-state index in [0.717, 1.165) is 61.5 Å². The van der Waals surface area contributed by atoms with Crippen molar-refractivity contribution in [1.29, 1.82) is 0 Å². The highest BCUT2D eigenvalue weighted by Crippen LogP contribution is 2.42. The van der Waals surface area contributed by atoms with Gasteiger partial charge in [0.15, 0.2) is 11.5 Å². The van der Waals surface area contributed by atoms with Gasteiger partial charge in [0.25, 0.3) is 0 Å². The summed E-state index contributed by atoms with van der Waals surface area (Å²) in [6, 6.07) is 69.5. The van der Waals surface area contributed by atoms with Crippen molar-refractivity contribution in [2.24, 2.45) is 0 Å². The molecule has 1 heterocycles. The fraction of sp³-hybridized carbons (Fsp3) is 0. The molecule has 0 fully saturated rings. The van der Waals surface area contributed by atoms with Crippen LogP contribution in [-0.2, 0) is 0 Å². The molecule has 9 rings (SSSR count).